The maximum absolute atomic E-state index is 9.60. The van der Waals surface area contributed by atoms with E-state index in [2.05, 4.69) is 10.3 Å². The molecule has 0 amide bonds. The van der Waals surface area contributed by atoms with Crippen molar-refractivity contribution in [2.75, 3.05) is 6.61 Å². The van der Waals surface area contributed by atoms with Gasteiger partial charge in [0.2, 0.25) is 0 Å². The molecule has 4 nitrogen and oxygen atoms in total. The van der Waals surface area contributed by atoms with Crippen molar-refractivity contribution in [2.45, 2.75) is 38.8 Å². The van der Waals surface area contributed by atoms with Crippen LogP contribution in [0, 0.1) is 0 Å². The van der Waals surface area contributed by atoms with Crippen molar-refractivity contribution in [3.63, 3.8) is 0 Å². The van der Waals surface area contributed by atoms with Gasteiger partial charge in [-0.3, -0.25) is 0 Å². The molecule has 0 heterocycles. The summed E-state index contributed by atoms with van der Waals surface area (Å²) in [6.45, 7) is 7.79. The van der Waals surface area contributed by atoms with E-state index >= 15 is 0 Å². The van der Waals surface area contributed by atoms with Gasteiger partial charge in [0.15, 0.2) is 5.96 Å². The lowest BCUT2D eigenvalue weighted by molar-refractivity contribution is 0.211. The van der Waals surface area contributed by atoms with E-state index in [0.29, 0.717) is 5.96 Å². The quantitative estimate of drug-likeness (QED) is 0.563. The number of aliphatic imine (C=N–C) groups is 1. The van der Waals surface area contributed by atoms with Crippen molar-refractivity contribution >= 4 is 5.96 Å². The van der Waals surface area contributed by atoms with Gasteiger partial charge in [0, 0.05) is 5.54 Å². The fourth-order valence-electron chi connectivity index (χ4n) is 1.67. The van der Waals surface area contributed by atoms with Crippen LogP contribution in [-0.4, -0.2) is 23.2 Å². The molecule has 0 fully saturated rings. The summed E-state index contributed by atoms with van der Waals surface area (Å²) in [6.07, 6.45) is 0. The number of aliphatic hydroxyl groups excluding tert-OH is 1. The van der Waals surface area contributed by atoms with Crippen LogP contribution in [0.1, 0.15) is 33.3 Å². The summed E-state index contributed by atoms with van der Waals surface area (Å²) in [7, 11) is 0. The molecule has 0 aliphatic heterocycles. The van der Waals surface area contributed by atoms with E-state index in [4.69, 9.17) is 5.73 Å². The van der Waals surface area contributed by atoms with Crippen molar-refractivity contribution in [1.82, 2.24) is 5.32 Å². The fourth-order valence-corrected chi connectivity index (χ4v) is 1.67. The minimum atomic E-state index is -0.719. The topological polar surface area (TPSA) is 70.6 Å². The van der Waals surface area contributed by atoms with Crippen LogP contribution in [0.2, 0.25) is 0 Å². The van der Waals surface area contributed by atoms with E-state index in [-0.39, 0.29) is 12.1 Å². The third kappa shape index (κ3) is 4.04. The molecule has 0 saturated carbocycles. The summed E-state index contributed by atoms with van der Waals surface area (Å²) in [5.41, 5.74) is 5.95. The Kier molecular flexibility index (Phi) is 4.35. The molecule has 0 aliphatic carbocycles. The first kappa shape index (κ1) is 14.5. The Morgan fingerprint density at radius 3 is 2.22 bits per heavy atom. The number of nitrogens with one attached hydrogen (secondary N) is 1. The number of hydrogen-bond acceptors (Lipinski definition) is 2. The molecule has 0 aromatic heterocycles. The van der Waals surface area contributed by atoms with E-state index in [9.17, 15) is 5.11 Å². The van der Waals surface area contributed by atoms with Crippen molar-refractivity contribution in [2.24, 2.45) is 10.7 Å². The molecular formula is C14H23N3O. The molecule has 0 aliphatic rings. The molecule has 0 radical (unpaired) electrons. The molecule has 0 saturated heterocycles. The van der Waals surface area contributed by atoms with Gasteiger partial charge in [0.25, 0.3) is 0 Å². The van der Waals surface area contributed by atoms with Gasteiger partial charge in [-0.2, -0.15) is 0 Å². The Balaban J connectivity index is 3.00. The second kappa shape index (κ2) is 5.40. The van der Waals surface area contributed by atoms with E-state index in [1.54, 1.807) is 0 Å². The average molecular weight is 249 g/mol. The Labute approximate surface area is 109 Å². The normalized spacial score (nSPS) is 16.2. The van der Waals surface area contributed by atoms with Gasteiger partial charge < -0.3 is 16.2 Å². The predicted molar refractivity (Wildman–Crippen MR) is 75.4 cm³/mol. The Bertz CT molecular complexity index is 409. The van der Waals surface area contributed by atoms with Crippen LogP contribution in [-0.2, 0) is 5.54 Å². The molecule has 1 rings (SSSR count). The second-order valence-electron chi connectivity index (χ2n) is 5.67. The first-order valence-corrected chi connectivity index (χ1v) is 6.07. The Morgan fingerprint density at radius 1 is 1.22 bits per heavy atom. The number of hydrogen-bond donors (Lipinski definition) is 3. The summed E-state index contributed by atoms with van der Waals surface area (Å²) < 4.78 is 0. The molecule has 4 heteroatoms. The fraction of sp³-hybridized carbons (Fsp3) is 0.500. The van der Waals surface area contributed by atoms with Crippen molar-refractivity contribution in [1.29, 1.82) is 0 Å². The maximum atomic E-state index is 9.60. The van der Waals surface area contributed by atoms with Gasteiger partial charge in [-0.15, -0.1) is 0 Å². The van der Waals surface area contributed by atoms with Gasteiger partial charge in [0.05, 0.1) is 6.61 Å². The number of nitrogens with zero attached hydrogens (tertiary/aromatic N) is 1. The highest BCUT2D eigenvalue weighted by molar-refractivity contribution is 5.79. The number of benzene rings is 1. The third-order valence-electron chi connectivity index (χ3n) is 2.57. The first-order chi connectivity index (χ1) is 8.27. The average Bonchev–Trinajstić information content (AvgIpc) is 2.27. The zero-order valence-electron chi connectivity index (χ0n) is 11.6. The van der Waals surface area contributed by atoms with Gasteiger partial charge in [0.1, 0.15) is 5.54 Å². The number of rotatable bonds is 3. The lowest BCUT2D eigenvalue weighted by Gasteiger charge is -2.27. The molecule has 1 unspecified atom stereocenters. The van der Waals surface area contributed by atoms with Crippen LogP contribution < -0.4 is 11.1 Å². The molecule has 1 aromatic carbocycles. The molecule has 1 aromatic rings. The zero-order chi connectivity index (χ0) is 13.8. The summed E-state index contributed by atoms with van der Waals surface area (Å²) in [5.74, 6) is 0.336. The van der Waals surface area contributed by atoms with E-state index in [1.165, 1.54) is 0 Å². The van der Waals surface area contributed by atoms with Crippen LogP contribution in [0.3, 0.4) is 0 Å². The molecule has 1 atom stereocenters. The standard InChI is InChI=1S/C14H23N3O/c1-13(2,3)16-12(15)17-14(4,10-18)11-8-6-5-7-9-11/h5-9,18H,10H2,1-4H3,(H3,15,16,17). The van der Waals surface area contributed by atoms with E-state index in [0.717, 1.165) is 5.56 Å². The third-order valence-corrected chi connectivity index (χ3v) is 2.57. The second-order valence-corrected chi connectivity index (χ2v) is 5.67. The van der Waals surface area contributed by atoms with Crippen LogP contribution in [0.25, 0.3) is 0 Å². The molecule has 0 bridgehead atoms. The zero-order valence-corrected chi connectivity index (χ0v) is 11.6. The lowest BCUT2D eigenvalue weighted by atomic mass is 9.94. The van der Waals surface area contributed by atoms with Crippen LogP contribution >= 0.6 is 0 Å². The SMILES string of the molecule is CC(C)(C)NC(N)=NC(C)(CO)c1ccccc1. The van der Waals surface area contributed by atoms with Crippen molar-refractivity contribution in [3.8, 4) is 0 Å². The number of aliphatic hydroxyl groups is 1. The summed E-state index contributed by atoms with van der Waals surface area (Å²) in [6, 6.07) is 9.65. The van der Waals surface area contributed by atoms with Crippen LogP contribution in [0.5, 0.6) is 0 Å². The van der Waals surface area contributed by atoms with Crippen LogP contribution in [0.4, 0.5) is 0 Å². The smallest absolute Gasteiger partial charge is 0.189 e. The Morgan fingerprint density at radius 2 is 1.78 bits per heavy atom. The summed E-state index contributed by atoms with van der Waals surface area (Å²) in [4.78, 5) is 4.42. The van der Waals surface area contributed by atoms with Gasteiger partial charge in [-0.1, -0.05) is 30.3 Å². The summed E-state index contributed by atoms with van der Waals surface area (Å²) in [5, 5.41) is 12.7. The monoisotopic (exact) mass is 249 g/mol. The highest BCUT2D eigenvalue weighted by Gasteiger charge is 2.25. The molecule has 0 spiro atoms. The first-order valence-electron chi connectivity index (χ1n) is 6.07. The molecule has 100 valence electrons. The molecular weight excluding hydrogens is 226 g/mol. The predicted octanol–water partition coefficient (Wildman–Crippen LogP) is 1.60. The minimum absolute atomic E-state index is 0.0937. The maximum Gasteiger partial charge on any atom is 0.189 e. The van der Waals surface area contributed by atoms with E-state index < -0.39 is 5.54 Å². The largest absolute Gasteiger partial charge is 0.393 e. The number of guanidine groups is 1. The summed E-state index contributed by atoms with van der Waals surface area (Å²) >= 11 is 0. The van der Waals surface area contributed by atoms with Crippen molar-refractivity contribution in [3.05, 3.63) is 35.9 Å². The highest BCUT2D eigenvalue weighted by atomic mass is 16.3. The highest BCUT2D eigenvalue weighted by Crippen LogP contribution is 2.24. The van der Waals surface area contributed by atoms with E-state index in [1.807, 2.05) is 58.0 Å². The van der Waals surface area contributed by atoms with Crippen molar-refractivity contribution < 1.29 is 5.11 Å². The van der Waals surface area contributed by atoms with Gasteiger partial charge >= 0.3 is 0 Å². The minimum Gasteiger partial charge on any atom is -0.393 e. The molecule has 18 heavy (non-hydrogen) atoms. The lowest BCUT2D eigenvalue weighted by Crippen LogP contribution is -2.46. The van der Waals surface area contributed by atoms with Gasteiger partial charge in [-0.05, 0) is 33.3 Å². The van der Waals surface area contributed by atoms with Crippen LogP contribution in [0.15, 0.2) is 35.3 Å². The molecule has 4 N–H and O–H groups in total. The van der Waals surface area contributed by atoms with Gasteiger partial charge in [-0.25, -0.2) is 4.99 Å². The number of nitrogens with two attached hydrogens (primary N) is 1. The Hall–Kier alpha value is -1.55.